The highest BCUT2D eigenvalue weighted by atomic mass is 35.5. The zero-order valence-electron chi connectivity index (χ0n) is 12.1. The van der Waals surface area contributed by atoms with Crippen molar-refractivity contribution >= 4 is 23.0 Å². The van der Waals surface area contributed by atoms with Crippen LogP contribution in [-0.4, -0.2) is 31.7 Å². The van der Waals surface area contributed by atoms with Gasteiger partial charge in [-0.05, 0) is 17.5 Å². The molecule has 0 aliphatic heterocycles. The van der Waals surface area contributed by atoms with Crippen molar-refractivity contribution in [1.82, 2.24) is 0 Å². The molecule has 0 amide bonds. The van der Waals surface area contributed by atoms with Crippen LogP contribution < -0.4 is 4.90 Å². The van der Waals surface area contributed by atoms with E-state index in [1.54, 1.807) is 19.2 Å². The van der Waals surface area contributed by atoms with Crippen molar-refractivity contribution in [2.75, 3.05) is 31.7 Å². The highest BCUT2D eigenvalue weighted by molar-refractivity contribution is 6.17. The molecule has 1 aromatic rings. The molecule has 0 atom stereocenters. The minimum Gasteiger partial charge on any atom is -0.383 e. The number of nitro groups is 1. The highest BCUT2D eigenvalue weighted by Crippen LogP contribution is 2.27. The van der Waals surface area contributed by atoms with E-state index in [9.17, 15) is 10.1 Å². The van der Waals surface area contributed by atoms with E-state index in [0.29, 0.717) is 12.5 Å². The van der Waals surface area contributed by atoms with E-state index in [2.05, 4.69) is 18.7 Å². The number of anilines is 1. The summed E-state index contributed by atoms with van der Waals surface area (Å²) in [5.74, 6) is 0.726. The van der Waals surface area contributed by atoms with Crippen LogP contribution in [0.3, 0.4) is 0 Å². The molecular formula is C14H21ClN2O3. The lowest BCUT2D eigenvalue weighted by atomic mass is 10.1. The molecule has 0 aliphatic rings. The van der Waals surface area contributed by atoms with Crippen molar-refractivity contribution < 1.29 is 9.66 Å². The van der Waals surface area contributed by atoms with Gasteiger partial charge >= 0.3 is 0 Å². The Morgan fingerprint density at radius 3 is 2.65 bits per heavy atom. The summed E-state index contributed by atoms with van der Waals surface area (Å²) in [5, 5.41) is 10.8. The third-order valence-electron chi connectivity index (χ3n) is 2.91. The third kappa shape index (κ3) is 4.65. The topological polar surface area (TPSA) is 55.6 Å². The molecule has 112 valence electrons. The maximum absolute atomic E-state index is 10.8. The maximum Gasteiger partial charge on any atom is 0.269 e. The van der Waals surface area contributed by atoms with Crippen LogP contribution in [0.15, 0.2) is 18.2 Å². The number of hydrogen-bond donors (Lipinski definition) is 0. The summed E-state index contributed by atoms with van der Waals surface area (Å²) in [5.41, 5.74) is 1.79. The molecule has 6 heteroatoms. The third-order valence-corrected chi connectivity index (χ3v) is 3.20. The summed E-state index contributed by atoms with van der Waals surface area (Å²) in [4.78, 5) is 12.6. The maximum atomic E-state index is 10.8. The molecular weight excluding hydrogens is 280 g/mol. The zero-order chi connectivity index (χ0) is 15.1. The molecule has 0 bridgehead atoms. The summed E-state index contributed by atoms with van der Waals surface area (Å²) in [6, 6.07) is 4.84. The molecule has 1 rings (SSSR count). The Labute approximate surface area is 124 Å². The number of hydrogen-bond acceptors (Lipinski definition) is 4. The average Bonchev–Trinajstić information content (AvgIpc) is 2.42. The van der Waals surface area contributed by atoms with E-state index in [1.807, 2.05) is 0 Å². The van der Waals surface area contributed by atoms with Gasteiger partial charge in [-0.3, -0.25) is 10.1 Å². The van der Waals surface area contributed by atoms with Crippen molar-refractivity contribution in [3.05, 3.63) is 33.9 Å². The van der Waals surface area contributed by atoms with Gasteiger partial charge in [0, 0.05) is 43.9 Å². The van der Waals surface area contributed by atoms with E-state index in [-0.39, 0.29) is 11.6 Å². The smallest absolute Gasteiger partial charge is 0.269 e. The summed E-state index contributed by atoms with van der Waals surface area (Å²) in [6.07, 6.45) is 0. The Bertz CT molecular complexity index is 452. The average molecular weight is 301 g/mol. The molecule has 5 nitrogen and oxygen atoms in total. The standard InChI is InChI=1S/C14H21ClN2O3/c1-11(2)10-16(6-7-20-3)14-5-4-13(17(18)19)8-12(14)9-15/h4-5,8,11H,6-7,9-10H2,1-3H3. The van der Waals surface area contributed by atoms with Crippen LogP contribution in [0.1, 0.15) is 19.4 Å². The van der Waals surface area contributed by atoms with Crippen molar-refractivity contribution in [1.29, 1.82) is 0 Å². The number of rotatable bonds is 8. The number of halogens is 1. The van der Waals surface area contributed by atoms with Gasteiger partial charge in [0.2, 0.25) is 0 Å². The first-order valence-electron chi connectivity index (χ1n) is 6.56. The lowest BCUT2D eigenvalue weighted by Gasteiger charge is -2.28. The van der Waals surface area contributed by atoms with E-state index >= 15 is 0 Å². The van der Waals surface area contributed by atoms with Crippen molar-refractivity contribution in [2.45, 2.75) is 19.7 Å². The summed E-state index contributed by atoms with van der Waals surface area (Å²) < 4.78 is 5.13. The van der Waals surface area contributed by atoms with E-state index < -0.39 is 4.92 Å². The Morgan fingerprint density at radius 1 is 1.45 bits per heavy atom. The Morgan fingerprint density at radius 2 is 2.15 bits per heavy atom. The fourth-order valence-corrected chi connectivity index (χ4v) is 2.27. The number of methoxy groups -OCH3 is 1. The Balaban J connectivity index is 3.07. The van der Waals surface area contributed by atoms with Crippen LogP contribution in [0.5, 0.6) is 0 Å². The van der Waals surface area contributed by atoms with Gasteiger partial charge in [-0.2, -0.15) is 0 Å². The van der Waals surface area contributed by atoms with Gasteiger partial charge in [-0.25, -0.2) is 0 Å². The molecule has 0 saturated heterocycles. The van der Waals surface area contributed by atoms with E-state index in [4.69, 9.17) is 16.3 Å². The molecule has 0 aromatic heterocycles. The molecule has 0 N–H and O–H groups in total. The van der Waals surface area contributed by atoms with E-state index in [1.165, 1.54) is 6.07 Å². The van der Waals surface area contributed by atoms with Crippen LogP contribution in [-0.2, 0) is 10.6 Å². The van der Waals surface area contributed by atoms with Gasteiger partial charge < -0.3 is 9.64 Å². The molecule has 1 aromatic carbocycles. The molecule has 0 saturated carbocycles. The van der Waals surface area contributed by atoms with Gasteiger partial charge in [0.25, 0.3) is 5.69 Å². The molecule has 0 radical (unpaired) electrons. The minimum atomic E-state index is -0.401. The molecule has 20 heavy (non-hydrogen) atoms. The van der Waals surface area contributed by atoms with Crippen LogP contribution in [0.2, 0.25) is 0 Å². The predicted octanol–water partition coefficient (Wildman–Crippen LogP) is 3.44. The quantitative estimate of drug-likeness (QED) is 0.419. The number of nitrogens with zero attached hydrogens (tertiary/aromatic N) is 2. The molecule has 0 unspecified atom stereocenters. The van der Waals surface area contributed by atoms with Crippen molar-refractivity contribution in [2.24, 2.45) is 5.92 Å². The first-order valence-corrected chi connectivity index (χ1v) is 7.10. The molecule has 0 heterocycles. The first kappa shape index (κ1) is 16.7. The minimum absolute atomic E-state index is 0.0700. The van der Waals surface area contributed by atoms with Crippen molar-refractivity contribution in [3.8, 4) is 0 Å². The number of non-ortho nitro benzene ring substituents is 1. The van der Waals surface area contributed by atoms with Crippen LogP contribution in [0.25, 0.3) is 0 Å². The summed E-state index contributed by atoms with van der Waals surface area (Å²) >= 11 is 5.94. The van der Waals surface area contributed by atoms with Gasteiger partial charge in [-0.1, -0.05) is 13.8 Å². The van der Waals surface area contributed by atoms with Crippen LogP contribution in [0, 0.1) is 16.0 Å². The number of ether oxygens (including phenoxy) is 1. The van der Waals surface area contributed by atoms with Gasteiger partial charge in [0.15, 0.2) is 0 Å². The van der Waals surface area contributed by atoms with Crippen LogP contribution in [0.4, 0.5) is 11.4 Å². The SMILES string of the molecule is COCCN(CC(C)C)c1ccc([N+](=O)[O-])cc1CCl. The number of nitro benzene ring substituents is 1. The number of alkyl halides is 1. The summed E-state index contributed by atoms with van der Waals surface area (Å²) in [7, 11) is 1.66. The largest absolute Gasteiger partial charge is 0.383 e. The fourth-order valence-electron chi connectivity index (χ4n) is 2.05. The second kappa shape index (κ2) is 8.07. The van der Waals surface area contributed by atoms with Gasteiger partial charge in [-0.15, -0.1) is 11.6 Å². The lowest BCUT2D eigenvalue weighted by Crippen LogP contribution is -2.31. The Hall–Kier alpha value is -1.33. The number of benzene rings is 1. The summed E-state index contributed by atoms with van der Waals surface area (Å²) in [6.45, 7) is 6.45. The van der Waals surface area contributed by atoms with Crippen LogP contribution >= 0.6 is 11.6 Å². The molecule has 0 spiro atoms. The predicted molar refractivity (Wildman–Crippen MR) is 81.6 cm³/mol. The Kier molecular flexibility index (Phi) is 6.75. The van der Waals surface area contributed by atoms with Gasteiger partial charge in [0.1, 0.15) is 0 Å². The normalized spacial score (nSPS) is 10.8. The fraction of sp³-hybridized carbons (Fsp3) is 0.571. The van der Waals surface area contributed by atoms with E-state index in [0.717, 1.165) is 24.3 Å². The first-order chi connectivity index (χ1) is 9.49. The highest BCUT2D eigenvalue weighted by Gasteiger charge is 2.16. The molecule has 0 fully saturated rings. The lowest BCUT2D eigenvalue weighted by molar-refractivity contribution is -0.384. The molecule has 0 aliphatic carbocycles. The second-order valence-electron chi connectivity index (χ2n) is 5.04. The van der Waals surface area contributed by atoms with Gasteiger partial charge in [0.05, 0.1) is 11.5 Å². The monoisotopic (exact) mass is 300 g/mol. The second-order valence-corrected chi connectivity index (χ2v) is 5.30. The van der Waals surface area contributed by atoms with Crippen molar-refractivity contribution in [3.63, 3.8) is 0 Å². The zero-order valence-corrected chi connectivity index (χ0v) is 12.9.